The molecule has 0 bridgehead atoms. The zero-order valence-corrected chi connectivity index (χ0v) is 12.4. The summed E-state index contributed by atoms with van der Waals surface area (Å²) in [6, 6.07) is 0.421. The van der Waals surface area contributed by atoms with E-state index in [0.717, 1.165) is 30.9 Å². The van der Waals surface area contributed by atoms with Crippen LogP contribution in [0.3, 0.4) is 0 Å². The van der Waals surface area contributed by atoms with Gasteiger partial charge in [0, 0.05) is 28.3 Å². The summed E-state index contributed by atoms with van der Waals surface area (Å²) in [6.45, 7) is 11.9. The van der Waals surface area contributed by atoms with Crippen LogP contribution in [0.15, 0.2) is 0 Å². The zero-order valence-electron chi connectivity index (χ0n) is 11.6. The van der Waals surface area contributed by atoms with E-state index in [1.807, 2.05) is 0 Å². The zero-order chi connectivity index (χ0) is 12.6. The molecule has 0 aromatic rings. The molecule has 0 saturated heterocycles. The van der Waals surface area contributed by atoms with Crippen LogP contribution in [0.2, 0.25) is 0 Å². The Hall–Kier alpha value is 0.110. The van der Waals surface area contributed by atoms with Gasteiger partial charge in [0.25, 0.3) is 0 Å². The minimum atomic E-state index is -0.668. The second-order valence-electron chi connectivity index (χ2n) is 5.11. The van der Waals surface area contributed by atoms with E-state index >= 15 is 0 Å². The van der Waals surface area contributed by atoms with Gasteiger partial charge >= 0.3 is 0 Å². The maximum Gasteiger partial charge on any atom is 0.0391 e. The number of nitrogens with one attached hydrogen (secondary N) is 1. The second-order valence-corrected chi connectivity index (χ2v) is 6.66. The second kappa shape index (κ2) is 9.17. The van der Waals surface area contributed by atoms with Crippen LogP contribution in [0.1, 0.15) is 47.5 Å². The van der Waals surface area contributed by atoms with Gasteiger partial charge in [-0.15, -0.1) is 0 Å². The lowest BCUT2D eigenvalue weighted by Crippen LogP contribution is -2.40. The lowest BCUT2D eigenvalue weighted by molar-refractivity contribution is 0.394. The number of rotatable bonds is 9. The highest BCUT2D eigenvalue weighted by Gasteiger charge is 2.18. The van der Waals surface area contributed by atoms with Crippen LogP contribution in [-0.2, 0) is 10.8 Å². The Morgan fingerprint density at radius 2 is 1.75 bits per heavy atom. The molecule has 0 saturated carbocycles. The molecule has 0 aromatic heterocycles. The first-order valence-electron chi connectivity index (χ1n) is 6.59. The highest BCUT2D eigenvalue weighted by atomic mass is 32.2. The molecule has 16 heavy (non-hydrogen) atoms. The van der Waals surface area contributed by atoms with Gasteiger partial charge in [-0.2, -0.15) is 0 Å². The Balaban J connectivity index is 4.13. The molecule has 0 radical (unpaired) electrons. The maximum absolute atomic E-state index is 11.9. The molecule has 0 aromatic carbocycles. The van der Waals surface area contributed by atoms with Crippen molar-refractivity contribution < 1.29 is 4.21 Å². The smallest absolute Gasteiger partial charge is 0.0391 e. The fraction of sp³-hybridized carbons (Fsp3) is 1.00. The molecule has 2 nitrogen and oxygen atoms in total. The van der Waals surface area contributed by atoms with Crippen LogP contribution in [-0.4, -0.2) is 28.3 Å². The molecule has 3 heteroatoms. The summed E-state index contributed by atoms with van der Waals surface area (Å²) in [6.07, 6.45) is 2.30. The summed E-state index contributed by atoms with van der Waals surface area (Å²) in [7, 11) is -0.668. The predicted octanol–water partition coefficient (Wildman–Crippen LogP) is 2.81. The lowest BCUT2D eigenvalue weighted by atomic mass is 10.0. The Kier molecular flexibility index (Phi) is 9.24. The Morgan fingerprint density at radius 3 is 2.19 bits per heavy atom. The van der Waals surface area contributed by atoms with Gasteiger partial charge < -0.3 is 5.32 Å². The van der Waals surface area contributed by atoms with Gasteiger partial charge in [0.15, 0.2) is 0 Å². The van der Waals surface area contributed by atoms with E-state index < -0.39 is 10.8 Å². The first kappa shape index (κ1) is 16.1. The van der Waals surface area contributed by atoms with Crippen LogP contribution in [0.5, 0.6) is 0 Å². The fourth-order valence-electron chi connectivity index (χ4n) is 1.68. The average molecular weight is 247 g/mol. The van der Waals surface area contributed by atoms with Crippen molar-refractivity contribution in [3.8, 4) is 0 Å². The summed E-state index contributed by atoms with van der Waals surface area (Å²) in [5.74, 6) is 2.79. The van der Waals surface area contributed by atoms with Crippen LogP contribution < -0.4 is 5.32 Å². The summed E-state index contributed by atoms with van der Waals surface area (Å²) in [5, 5.41) is 3.53. The topological polar surface area (TPSA) is 29.1 Å². The molecule has 0 aliphatic heterocycles. The molecular formula is C13H29NOS. The average Bonchev–Trinajstić information content (AvgIpc) is 2.21. The normalized spacial score (nSPS) is 17.4. The monoisotopic (exact) mass is 247 g/mol. The molecule has 0 heterocycles. The standard InChI is InChI=1S/C13H29NOS/c1-6-8-14-13(12(5)7-2)10-16(15)9-11(3)4/h11-14H,6-10H2,1-5H3. The highest BCUT2D eigenvalue weighted by Crippen LogP contribution is 2.10. The van der Waals surface area contributed by atoms with Crippen molar-refractivity contribution in [1.29, 1.82) is 0 Å². The largest absolute Gasteiger partial charge is 0.313 e. The molecule has 0 rings (SSSR count). The highest BCUT2D eigenvalue weighted by molar-refractivity contribution is 7.85. The van der Waals surface area contributed by atoms with Gasteiger partial charge in [-0.3, -0.25) is 4.21 Å². The molecule has 1 N–H and O–H groups in total. The van der Waals surface area contributed by atoms with E-state index in [2.05, 4.69) is 39.9 Å². The number of hydrogen-bond acceptors (Lipinski definition) is 2. The molecule has 0 aliphatic rings. The van der Waals surface area contributed by atoms with Gasteiger partial charge in [0.05, 0.1) is 0 Å². The van der Waals surface area contributed by atoms with E-state index in [4.69, 9.17) is 0 Å². The minimum Gasteiger partial charge on any atom is -0.313 e. The van der Waals surface area contributed by atoms with E-state index in [0.29, 0.717) is 17.9 Å². The van der Waals surface area contributed by atoms with Gasteiger partial charge in [-0.1, -0.05) is 41.0 Å². The van der Waals surface area contributed by atoms with Crippen LogP contribution in [0.25, 0.3) is 0 Å². The maximum atomic E-state index is 11.9. The van der Waals surface area contributed by atoms with E-state index in [9.17, 15) is 4.21 Å². The van der Waals surface area contributed by atoms with E-state index in [-0.39, 0.29) is 0 Å². The predicted molar refractivity (Wildman–Crippen MR) is 74.3 cm³/mol. The Bertz CT molecular complexity index is 194. The molecule has 3 atom stereocenters. The first-order chi connectivity index (χ1) is 7.51. The summed E-state index contributed by atoms with van der Waals surface area (Å²) in [5.41, 5.74) is 0. The van der Waals surface area contributed by atoms with Crippen molar-refractivity contribution in [2.45, 2.75) is 53.5 Å². The Labute approximate surface area is 104 Å². The van der Waals surface area contributed by atoms with Crippen LogP contribution >= 0.6 is 0 Å². The molecular weight excluding hydrogens is 218 g/mol. The van der Waals surface area contributed by atoms with Crippen molar-refractivity contribution >= 4 is 10.8 Å². The number of hydrogen-bond donors (Lipinski definition) is 1. The van der Waals surface area contributed by atoms with Crippen molar-refractivity contribution in [3.05, 3.63) is 0 Å². The summed E-state index contributed by atoms with van der Waals surface area (Å²) in [4.78, 5) is 0. The quantitative estimate of drug-likeness (QED) is 0.679. The van der Waals surface area contributed by atoms with E-state index in [1.54, 1.807) is 0 Å². The van der Waals surface area contributed by atoms with Crippen LogP contribution in [0, 0.1) is 11.8 Å². The molecule has 0 amide bonds. The third-order valence-electron chi connectivity index (χ3n) is 2.87. The molecule has 0 aliphatic carbocycles. The third-order valence-corrected chi connectivity index (χ3v) is 4.64. The van der Waals surface area contributed by atoms with Crippen molar-refractivity contribution in [2.24, 2.45) is 11.8 Å². The van der Waals surface area contributed by atoms with Gasteiger partial charge in [-0.25, -0.2) is 0 Å². The van der Waals surface area contributed by atoms with Crippen molar-refractivity contribution in [1.82, 2.24) is 5.32 Å². The fourth-order valence-corrected chi connectivity index (χ4v) is 3.41. The summed E-state index contributed by atoms with van der Waals surface area (Å²) < 4.78 is 11.9. The van der Waals surface area contributed by atoms with E-state index in [1.165, 1.54) is 0 Å². The van der Waals surface area contributed by atoms with Crippen LogP contribution in [0.4, 0.5) is 0 Å². The van der Waals surface area contributed by atoms with Crippen molar-refractivity contribution in [2.75, 3.05) is 18.1 Å². The lowest BCUT2D eigenvalue weighted by Gasteiger charge is -2.24. The SMILES string of the molecule is CCCNC(CS(=O)CC(C)C)C(C)CC. The first-order valence-corrected chi connectivity index (χ1v) is 8.08. The van der Waals surface area contributed by atoms with Gasteiger partial charge in [-0.05, 0) is 24.8 Å². The third kappa shape index (κ3) is 7.39. The van der Waals surface area contributed by atoms with Gasteiger partial charge in [0.1, 0.15) is 0 Å². The van der Waals surface area contributed by atoms with Gasteiger partial charge in [0.2, 0.25) is 0 Å². The van der Waals surface area contributed by atoms with Crippen molar-refractivity contribution in [3.63, 3.8) is 0 Å². The Morgan fingerprint density at radius 1 is 1.12 bits per heavy atom. The molecule has 3 unspecified atom stereocenters. The molecule has 0 fully saturated rings. The minimum absolute atomic E-state index is 0.421. The summed E-state index contributed by atoms with van der Waals surface area (Å²) >= 11 is 0. The molecule has 98 valence electrons. The molecule has 0 spiro atoms.